The molecule has 8 nitrogen and oxygen atoms in total. The topological polar surface area (TPSA) is 94.6 Å². The fourth-order valence-electron chi connectivity index (χ4n) is 5.10. The standard InChI is InChI=1S/C32H32Cl2N4O4/c1-4-22(39)12-20-10-11-42-18-25(20)37-28-14-23-21(17-35-28)13-24(38-32(23)36-16-19-8-6-5-7-9-19)29-30(33)26(40-2)15-27(41-3)31(29)34/h4-9,13-15,17,20,25H,1,10-12,16,18H2,2-3H3,(H,35,37)(H,36,38)/t20-,25-/m1/s1. The summed E-state index contributed by atoms with van der Waals surface area (Å²) in [5, 5.41) is 9.31. The van der Waals surface area contributed by atoms with Gasteiger partial charge in [0, 0.05) is 48.2 Å². The van der Waals surface area contributed by atoms with Crippen LogP contribution in [0.4, 0.5) is 11.6 Å². The minimum atomic E-state index is -0.0672. The van der Waals surface area contributed by atoms with Crippen molar-refractivity contribution < 1.29 is 19.0 Å². The van der Waals surface area contributed by atoms with Crippen LogP contribution in [-0.2, 0) is 16.1 Å². The molecular formula is C32H32Cl2N4O4. The smallest absolute Gasteiger partial charge is 0.155 e. The first-order valence-electron chi connectivity index (χ1n) is 13.6. The van der Waals surface area contributed by atoms with E-state index in [1.807, 2.05) is 42.5 Å². The van der Waals surface area contributed by atoms with E-state index in [4.69, 9.17) is 47.4 Å². The maximum absolute atomic E-state index is 12.1. The largest absolute Gasteiger partial charge is 0.495 e. The molecule has 5 rings (SSSR count). The molecule has 0 saturated carbocycles. The van der Waals surface area contributed by atoms with Gasteiger partial charge in [0.2, 0.25) is 0 Å². The number of carbonyl (C=O) groups excluding carboxylic acids is 1. The molecule has 1 aliphatic rings. The van der Waals surface area contributed by atoms with Gasteiger partial charge in [0.15, 0.2) is 5.78 Å². The van der Waals surface area contributed by atoms with Crippen molar-refractivity contribution in [3.8, 4) is 22.8 Å². The summed E-state index contributed by atoms with van der Waals surface area (Å²) in [6.07, 6.45) is 4.36. The Morgan fingerprint density at radius 2 is 1.86 bits per heavy atom. The molecule has 1 saturated heterocycles. The number of pyridine rings is 2. The van der Waals surface area contributed by atoms with Crippen molar-refractivity contribution in [3.05, 3.63) is 83.0 Å². The van der Waals surface area contributed by atoms with E-state index in [1.54, 1.807) is 12.3 Å². The van der Waals surface area contributed by atoms with Gasteiger partial charge in [0.05, 0.1) is 42.6 Å². The molecule has 0 unspecified atom stereocenters. The lowest BCUT2D eigenvalue weighted by atomic mass is 9.89. The van der Waals surface area contributed by atoms with Crippen molar-refractivity contribution in [2.45, 2.75) is 25.4 Å². The number of carbonyl (C=O) groups is 1. The van der Waals surface area contributed by atoms with Crippen molar-refractivity contribution in [2.24, 2.45) is 5.92 Å². The molecule has 0 spiro atoms. The number of rotatable bonds is 11. The Morgan fingerprint density at radius 3 is 2.55 bits per heavy atom. The zero-order valence-electron chi connectivity index (χ0n) is 23.5. The molecule has 4 aromatic rings. The summed E-state index contributed by atoms with van der Waals surface area (Å²) < 4.78 is 16.7. The zero-order valence-corrected chi connectivity index (χ0v) is 25.0. The van der Waals surface area contributed by atoms with Crippen LogP contribution in [0.2, 0.25) is 10.0 Å². The van der Waals surface area contributed by atoms with E-state index >= 15 is 0 Å². The van der Waals surface area contributed by atoms with Gasteiger partial charge in [-0.1, -0.05) is 60.1 Å². The van der Waals surface area contributed by atoms with Crippen LogP contribution < -0.4 is 20.1 Å². The summed E-state index contributed by atoms with van der Waals surface area (Å²) in [5.41, 5.74) is 2.13. The lowest BCUT2D eigenvalue weighted by Gasteiger charge is -2.32. The minimum absolute atomic E-state index is 0.0239. The number of nitrogens with zero attached hydrogens (tertiary/aromatic N) is 2. The first-order valence-corrected chi connectivity index (χ1v) is 14.4. The number of ether oxygens (including phenoxy) is 3. The third-order valence-electron chi connectivity index (χ3n) is 7.37. The van der Waals surface area contributed by atoms with Crippen LogP contribution in [0.1, 0.15) is 18.4 Å². The number of methoxy groups -OCH3 is 2. The maximum atomic E-state index is 12.1. The normalized spacial score (nSPS) is 16.6. The molecular weight excluding hydrogens is 575 g/mol. The maximum Gasteiger partial charge on any atom is 0.155 e. The number of fused-ring (bicyclic) bond motifs is 1. The summed E-state index contributed by atoms with van der Waals surface area (Å²) in [6.45, 7) is 5.27. The van der Waals surface area contributed by atoms with Gasteiger partial charge in [-0.15, -0.1) is 0 Å². The summed E-state index contributed by atoms with van der Waals surface area (Å²) >= 11 is 13.5. The second kappa shape index (κ2) is 13.4. The number of halogens is 2. The Balaban J connectivity index is 1.57. The molecule has 0 bridgehead atoms. The average molecular weight is 608 g/mol. The lowest BCUT2D eigenvalue weighted by Crippen LogP contribution is -2.39. The number of nitrogens with one attached hydrogen (secondary N) is 2. The molecule has 1 fully saturated rings. The summed E-state index contributed by atoms with van der Waals surface area (Å²) in [5.74, 6) is 2.27. The van der Waals surface area contributed by atoms with Crippen molar-refractivity contribution in [2.75, 3.05) is 38.1 Å². The second-order valence-electron chi connectivity index (χ2n) is 10.0. The highest BCUT2D eigenvalue weighted by Crippen LogP contribution is 2.46. The van der Waals surface area contributed by atoms with Gasteiger partial charge in [-0.3, -0.25) is 4.79 Å². The van der Waals surface area contributed by atoms with Crippen LogP contribution in [0.15, 0.2) is 67.4 Å². The quantitative estimate of drug-likeness (QED) is 0.173. The van der Waals surface area contributed by atoms with Gasteiger partial charge in [-0.2, -0.15) is 0 Å². The predicted molar refractivity (Wildman–Crippen MR) is 168 cm³/mol. The molecule has 3 heterocycles. The molecule has 0 aliphatic carbocycles. The highest BCUT2D eigenvalue weighted by Gasteiger charge is 2.28. The highest BCUT2D eigenvalue weighted by atomic mass is 35.5. The van der Waals surface area contributed by atoms with Crippen molar-refractivity contribution in [1.29, 1.82) is 0 Å². The minimum Gasteiger partial charge on any atom is -0.495 e. The number of anilines is 2. The molecule has 2 aromatic heterocycles. The molecule has 1 aliphatic heterocycles. The zero-order chi connectivity index (χ0) is 29.6. The van der Waals surface area contributed by atoms with E-state index in [9.17, 15) is 4.79 Å². The van der Waals surface area contributed by atoms with Crippen LogP contribution in [-0.4, -0.2) is 49.2 Å². The summed E-state index contributed by atoms with van der Waals surface area (Å²) in [6, 6.07) is 15.5. The predicted octanol–water partition coefficient (Wildman–Crippen LogP) is 7.20. The van der Waals surface area contributed by atoms with E-state index in [-0.39, 0.29) is 17.7 Å². The van der Waals surface area contributed by atoms with Gasteiger partial charge in [0.1, 0.15) is 23.1 Å². The van der Waals surface area contributed by atoms with Gasteiger partial charge in [0.25, 0.3) is 0 Å². The number of ketones is 1. The van der Waals surface area contributed by atoms with Crippen LogP contribution in [0, 0.1) is 5.92 Å². The van der Waals surface area contributed by atoms with Crippen LogP contribution >= 0.6 is 23.2 Å². The van der Waals surface area contributed by atoms with E-state index in [0.717, 1.165) is 22.8 Å². The number of aromatic nitrogens is 2. The van der Waals surface area contributed by atoms with Crippen molar-refractivity contribution >= 4 is 51.4 Å². The number of benzene rings is 2. The van der Waals surface area contributed by atoms with E-state index < -0.39 is 0 Å². The summed E-state index contributed by atoms with van der Waals surface area (Å²) in [7, 11) is 3.07. The highest BCUT2D eigenvalue weighted by molar-refractivity contribution is 6.41. The van der Waals surface area contributed by atoms with Gasteiger partial charge in [-0.05, 0) is 36.1 Å². The fourth-order valence-corrected chi connectivity index (χ4v) is 5.79. The second-order valence-corrected chi connectivity index (χ2v) is 10.8. The first-order chi connectivity index (χ1) is 20.4. The van der Waals surface area contributed by atoms with Crippen LogP contribution in [0.5, 0.6) is 11.5 Å². The van der Waals surface area contributed by atoms with Crippen LogP contribution in [0.25, 0.3) is 22.0 Å². The van der Waals surface area contributed by atoms with Gasteiger partial charge >= 0.3 is 0 Å². The molecule has 218 valence electrons. The third kappa shape index (κ3) is 6.46. The van der Waals surface area contributed by atoms with Gasteiger partial charge in [-0.25, -0.2) is 9.97 Å². The average Bonchev–Trinajstić information content (AvgIpc) is 3.01. The molecule has 2 N–H and O–H groups in total. The van der Waals surface area contributed by atoms with E-state index in [0.29, 0.717) is 70.6 Å². The molecule has 10 heteroatoms. The van der Waals surface area contributed by atoms with Crippen LogP contribution in [0.3, 0.4) is 0 Å². The molecule has 0 amide bonds. The molecule has 2 aromatic carbocycles. The number of hydrogen-bond donors (Lipinski definition) is 2. The monoisotopic (exact) mass is 606 g/mol. The Kier molecular flexibility index (Phi) is 9.47. The Hall–Kier alpha value is -3.85. The number of allylic oxidation sites excluding steroid dienone is 1. The fraction of sp³-hybridized carbons (Fsp3) is 0.281. The van der Waals surface area contributed by atoms with Gasteiger partial charge < -0.3 is 24.8 Å². The molecule has 2 atom stereocenters. The van der Waals surface area contributed by atoms with E-state index in [1.165, 1.54) is 20.3 Å². The third-order valence-corrected chi connectivity index (χ3v) is 8.12. The van der Waals surface area contributed by atoms with Crippen molar-refractivity contribution in [3.63, 3.8) is 0 Å². The summed E-state index contributed by atoms with van der Waals surface area (Å²) in [4.78, 5) is 21.8. The lowest BCUT2D eigenvalue weighted by molar-refractivity contribution is -0.116. The van der Waals surface area contributed by atoms with Crippen molar-refractivity contribution in [1.82, 2.24) is 9.97 Å². The Morgan fingerprint density at radius 1 is 1.12 bits per heavy atom. The molecule has 42 heavy (non-hydrogen) atoms. The molecule has 0 radical (unpaired) electrons. The Labute approximate surface area is 255 Å². The Bertz CT molecular complexity index is 1570. The van der Waals surface area contributed by atoms with E-state index in [2.05, 4.69) is 17.2 Å². The number of hydrogen-bond acceptors (Lipinski definition) is 8. The first kappa shape index (κ1) is 29.6. The SMILES string of the molecule is C=CC(=O)C[C@H]1CCOC[C@H]1Nc1cc2c(NCc3ccccc3)nc(-c3c(Cl)c(OC)cc(OC)c3Cl)cc2cn1.